The van der Waals surface area contributed by atoms with Crippen LogP contribution in [0.15, 0.2) is 18.2 Å². The topological polar surface area (TPSA) is 28.2 Å². The lowest BCUT2D eigenvalue weighted by atomic mass is 9.87. The third-order valence-corrected chi connectivity index (χ3v) is 3.80. The van der Waals surface area contributed by atoms with Crippen molar-refractivity contribution in [3.63, 3.8) is 0 Å². The van der Waals surface area contributed by atoms with Crippen LogP contribution in [-0.4, -0.2) is 25.1 Å². The molecule has 2 rings (SSSR count). The number of pyridine rings is 1. The molecule has 17 heavy (non-hydrogen) atoms. The Hall–Kier alpha value is -1.25. The van der Waals surface area contributed by atoms with E-state index in [0.29, 0.717) is 0 Å². The van der Waals surface area contributed by atoms with Crippen molar-refractivity contribution in [3.8, 4) is 0 Å². The van der Waals surface area contributed by atoms with E-state index in [-0.39, 0.29) is 0 Å². The number of nitrogens with one attached hydrogen (secondary N) is 1. The lowest BCUT2D eigenvalue weighted by Crippen LogP contribution is -2.35. The van der Waals surface area contributed by atoms with Crippen LogP contribution < -0.4 is 10.2 Å². The summed E-state index contributed by atoms with van der Waals surface area (Å²) in [5.41, 5.74) is 0. The summed E-state index contributed by atoms with van der Waals surface area (Å²) in [6, 6.07) is 6.18. The van der Waals surface area contributed by atoms with Gasteiger partial charge >= 0.3 is 0 Å². The fourth-order valence-corrected chi connectivity index (χ4v) is 2.53. The van der Waals surface area contributed by atoms with E-state index in [1.807, 2.05) is 13.1 Å². The highest BCUT2D eigenvalue weighted by molar-refractivity contribution is 5.46. The quantitative estimate of drug-likeness (QED) is 0.870. The van der Waals surface area contributed by atoms with Gasteiger partial charge in [-0.25, -0.2) is 4.98 Å². The summed E-state index contributed by atoms with van der Waals surface area (Å²) in [5.74, 6) is 3.76. The molecule has 0 aliphatic carbocycles. The van der Waals surface area contributed by atoms with Gasteiger partial charge in [-0.3, -0.25) is 0 Å². The van der Waals surface area contributed by atoms with Gasteiger partial charge in [-0.05, 0) is 36.8 Å². The number of anilines is 2. The highest BCUT2D eigenvalue weighted by Gasteiger charge is 2.22. The van der Waals surface area contributed by atoms with Crippen molar-refractivity contribution in [2.45, 2.75) is 26.7 Å². The molecule has 0 aromatic carbocycles. The molecule has 1 fully saturated rings. The van der Waals surface area contributed by atoms with Crippen molar-refractivity contribution in [2.24, 2.45) is 11.8 Å². The maximum absolute atomic E-state index is 4.60. The van der Waals surface area contributed by atoms with E-state index in [4.69, 9.17) is 0 Å². The SMILES string of the molecule is CNc1cccc(N2CCC(C(C)C)CC2)n1. The maximum Gasteiger partial charge on any atom is 0.130 e. The van der Waals surface area contributed by atoms with Gasteiger partial charge in [-0.2, -0.15) is 0 Å². The molecule has 3 nitrogen and oxygen atoms in total. The van der Waals surface area contributed by atoms with Crippen LogP contribution in [0.4, 0.5) is 11.6 Å². The van der Waals surface area contributed by atoms with Gasteiger partial charge in [-0.1, -0.05) is 19.9 Å². The molecule has 1 aromatic heterocycles. The van der Waals surface area contributed by atoms with Gasteiger partial charge in [-0.15, -0.1) is 0 Å². The standard InChI is InChI=1S/C14H23N3/c1-11(2)12-7-9-17(10-8-12)14-6-4-5-13(15-3)16-14/h4-6,11-12H,7-10H2,1-3H3,(H,15,16). The molecule has 1 aromatic rings. The smallest absolute Gasteiger partial charge is 0.130 e. The molecule has 0 saturated carbocycles. The van der Waals surface area contributed by atoms with Gasteiger partial charge < -0.3 is 10.2 Å². The molecule has 0 amide bonds. The van der Waals surface area contributed by atoms with Crippen LogP contribution in [0.5, 0.6) is 0 Å². The van der Waals surface area contributed by atoms with Crippen molar-refractivity contribution >= 4 is 11.6 Å². The highest BCUT2D eigenvalue weighted by atomic mass is 15.2. The fraction of sp³-hybridized carbons (Fsp3) is 0.643. The molecule has 3 heteroatoms. The normalized spacial score (nSPS) is 17.5. The molecule has 0 unspecified atom stereocenters. The van der Waals surface area contributed by atoms with Crippen molar-refractivity contribution in [1.82, 2.24) is 4.98 Å². The van der Waals surface area contributed by atoms with Crippen LogP contribution in [0.3, 0.4) is 0 Å². The largest absolute Gasteiger partial charge is 0.373 e. The molecule has 0 atom stereocenters. The van der Waals surface area contributed by atoms with Gasteiger partial charge in [0.25, 0.3) is 0 Å². The predicted molar refractivity (Wildman–Crippen MR) is 73.6 cm³/mol. The summed E-state index contributed by atoms with van der Waals surface area (Å²) in [5, 5.41) is 3.10. The summed E-state index contributed by atoms with van der Waals surface area (Å²) in [6.07, 6.45) is 2.59. The Labute approximate surface area is 104 Å². The first-order valence-electron chi connectivity index (χ1n) is 6.60. The summed E-state index contributed by atoms with van der Waals surface area (Å²) >= 11 is 0. The average Bonchev–Trinajstić information content (AvgIpc) is 2.39. The molecule has 2 heterocycles. The minimum Gasteiger partial charge on any atom is -0.373 e. The molecule has 0 radical (unpaired) electrons. The Balaban J connectivity index is 2.00. The lowest BCUT2D eigenvalue weighted by Gasteiger charge is -2.34. The number of nitrogens with zero attached hydrogens (tertiary/aromatic N) is 2. The van der Waals surface area contributed by atoms with E-state index < -0.39 is 0 Å². The van der Waals surface area contributed by atoms with Crippen LogP contribution in [-0.2, 0) is 0 Å². The molecule has 1 aliphatic rings. The number of piperidine rings is 1. The molecule has 0 spiro atoms. The third kappa shape index (κ3) is 2.90. The third-order valence-electron chi connectivity index (χ3n) is 3.80. The first-order valence-corrected chi connectivity index (χ1v) is 6.60. The molecule has 1 aliphatic heterocycles. The van der Waals surface area contributed by atoms with E-state index in [9.17, 15) is 0 Å². The zero-order valence-corrected chi connectivity index (χ0v) is 11.1. The minimum absolute atomic E-state index is 0.814. The Morgan fingerprint density at radius 2 is 2.00 bits per heavy atom. The van der Waals surface area contributed by atoms with Gasteiger partial charge in [0.05, 0.1) is 0 Å². The fourth-order valence-electron chi connectivity index (χ4n) is 2.53. The van der Waals surface area contributed by atoms with Crippen LogP contribution in [0.2, 0.25) is 0 Å². The van der Waals surface area contributed by atoms with Crippen molar-refractivity contribution in [1.29, 1.82) is 0 Å². The zero-order valence-electron chi connectivity index (χ0n) is 11.1. The van der Waals surface area contributed by atoms with Crippen LogP contribution in [0.1, 0.15) is 26.7 Å². The first kappa shape index (κ1) is 12.2. The summed E-state index contributed by atoms with van der Waals surface area (Å²) in [6.45, 7) is 6.95. The predicted octanol–water partition coefficient (Wildman–Crippen LogP) is 3.00. The van der Waals surface area contributed by atoms with Gasteiger partial charge in [0, 0.05) is 20.1 Å². The van der Waals surface area contributed by atoms with Gasteiger partial charge in [0.1, 0.15) is 11.6 Å². The molecular weight excluding hydrogens is 210 g/mol. The first-order chi connectivity index (χ1) is 8.20. The van der Waals surface area contributed by atoms with Crippen molar-refractivity contribution < 1.29 is 0 Å². The van der Waals surface area contributed by atoms with E-state index in [0.717, 1.165) is 36.6 Å². The monoisotopic (exact) mass is 233 g/mol. The van der Waals surface area contributed by atoms with E-state index in [1.54, 1.807) is 0 Å². The Morgan fingerprint density at radius 3 is 2.59 bits per heavy atom. The molecule has 1 saturated heterocycles. The summed E-state index contributed by atoms with van der Waals surface area (Å²) in [4.78, 5) is 7.00. The number of aromatic nitrogens is 1. The number of hydrogen-bond acceptors (Lipinski definition) is 3. The molecule has 1 N–H and O–H groups in total. The number of hydrogen-bond donors (Lipinski definition) is 1. The van der Waals surface area contributed by atoms with E-state index >= 15 is 0 Å². The van der Waals surface area contributed by atoms with E-state index in [1.165, 1.54) is 12.8 Å². The Bertz CT molecular complexity index is 354. The second-order valence-electron chi connectivity index (χ2n) is 5.20. The lowest BCUT2D eigenvalue weighted by molar-refractivity contribution is 0.311. The second kappa shape index (κ2) is 5.39. The van der Waals surface area contributed by atoms with Crippen molar-refractivity contribution in [2.75, 3.05) is 30.4 Å². The van der Waals surface area contributed by atoms with Crippen LogP contribution >= 0.6 is 0 Å². The van der Waals surface area contributed by atoms with Gasteiger partial charge in [0.2, 0.25) is 0 Å². The Morgan fingerprint density at radius 1 is 1.29 bits per heavy atom. The van der Waals surface area contributed by atoms with E-state index in [2.05, 4.69) is 41.2 Å². The molecule has 94 valence electrons. The van der Waals surface area contributed by atoms with Crippen LogP contribution in [0.25, 0.3) is 0 Å². The van der Waals surface area contributed by atoms with Gasteiger partial charge in [0.15, 0.2) is 0 Å². The highest BCUT2D eigenvalue weighted by Crippen LogP contribution is 2.27. The molecular formula is C14H23N3. The molecule has 0 bridgehead atoms. The Kier molecular flexibility index (Phi) is 3.87. The van der Waals surface area contributed by atoms with Crippen molar-refractivity contribution in [3.05, 3.63) is 18.2 Å². The summed E-state index contributed by atoms with van der Waals surface area (Å²) in [7, 11) is 1.91. The maximum atomic E-state index is 4.60. The second-order valence-corrected chi connectivity index (χ2v) is 5.20. The number of rotatable bonds is 3. The minimum atomic E-state index is 0.814. The zero-order chi connectivity index (χ0) is 12.3. The van der Waals surface area contributed by atoms with Crippen LogP contribution in [0, 0.1) is 11.8 Å². The summed E-state index contributed by atoms with van der Waals surface area (Å²) < 4.78 is 0. The average molecular weight is 233 g/mol.